The van der Waals surface area contributed by atoms with Crippen LogP contribution >= 0.6 is 0 Å². The average molecular weight is 291 g/mol. The van der Waals surface area contributed by atoms with Crippen molar-refractivity contribution >= 4 is 15.8 Å². The highest BCUT2D eigenvalue weighted by Gasteiger charge is 2.35. The first kappa shape index (κ1) is 12.9. The van der Waals surface area contributed by atoms with Crippen molar-refractivity contribution in [2.45, 2.75) is 18.4 Å². The van der Waals surface area contributed by atoms with Gasteiger partial charge in [0.1, 0.15) is 5.82 Å². The largest absolute Gasteiger partial charge is 0.464 e. The Morgan fingerprint density at radius 2 is 2.10 bits per heavy atom. The zero-order valence-electron chi connectivity index (χ0n) is 10.9. The molecule has 0 spiro atoms. The average Bonchev–Trinajstić information content (AvgIpc) is 2.72. The molecule has 0 bridgehead atoms. The van der Waals surface area contributed by atoms with Crippen LogP contribution in [0.4, 0.5) is 5.82 Å². The molecule has 0 saturated carbocycles. The summed E-state index contributed by atoms with van der Waals surface area (Å²) < 4.78 is 31.4. The molecule has 2 aromatic rings. The van der Waals surface area contributed by atoms with Crippen LogP contribution in [-0.4, -0.2) is 25.0 Å². The smallest absolute Gasteiger partial charge is 0.318 e. The summed E-state index contributed by atoms with van der Waals surface area (Å²) in [5.74, 6) is 0.319. The van der Waals surface area contributed by atoms with Gasteiger partial charge in [-0.25, -0.2) is 17.7 Å². The summed E-state index contributed by atoms with van der Waals surface area (Å²) in [7, 11) is -3.54. The van der Waals surface area contributed by atoms with E-state index in [1.54, 1.807) is 24.3 Å². The van der Waals surface area contributed by atoms with E-state index in [0.29, 0.717) is 17.3 Å². The predicted octanol–water partition coefficient (Wildman–Crippen LogP) is 1.58. The second-order valence-electron chi connectivity index (χ2n) is 4.25. The number of sulfonamides is 1. The highest BCUT2D eigenvalue weighted by Crippen LogP contribution is 2.33. The molecule has 1 aromatic heterocycles. The number of nitrogens with zero attached hydrogens (tertiary/aromatic N) is 3. The Balaban J connectivity index is 2.03. The van der Waals surface area contributed by atoms with Crippen molar-refractivity contribution in [1.82, 2.24) is 9.97 Å². The standard InChI is InChI=1S/C13H13N3O3S/c1-2-19-13-14-8-7-12(15-13)16-9-10-5-3-4-6-11(10)20(16,17)18/h3-8H,2,9H2,1H3. The third-order valence-electron chi connectivity index (χ3n) is 3.00. The Hall–Kier alpha value is -2.15. The molecular formula is C13H13N3O3S. The quantitative estimate of drug-likeness (QED) is 0.858. The number of fused-ring (bicyclic) bond motifs is 1. The van der Waals surface area contributed by atoms with Gasteiger partial charge < -0.3 is 4.74 Å². The fraction of sp³-hybridized carbons (Fsp3) is 0.231. The fourth-order valence-electron chi connectivity index (χ4n) is 2.12. The van der Waals surface area contributed by atoms with Gasteiger partial charge in [-0.05, 0) is 18.6 Å². The van der Waals surface area contributed by atoms with Gasteiger partial charge in [0.15, 0.2) is 0 Å². The maximum Gasteiger partial charge on any atom is 0.318 e. The summed E-state index contributed by atoms with van der Waals surface area (Å²) in [5, 5.41) is 0. The molecule has 0 unspecified atom stereocenters. The van der Waals surface area contributed by atoms with E-state index in [0.717, 1.165) is 5.56 Å². The van der Waals surface area contributed by atoms with Crippen LogP contribution < -0.4 is 9.04 Å². The van der Waals surface area contributed by atoms with E-state index in [2.05, 4.69) is 9.97 Å². The van der Waals surface area contributed by atoms with Crippen LogP contribution in [0.25, 0.3) is 0 Å². The van der Waals surface area contributed by atoms with Crippen molar-refractivity contribution in [3.8, 4) is 6.01 Å². The highest BCUT2D eigenvalue weighted by atomic mass is 32.2. The van der Waals surface area contributed by atoms with Gasteiger partial charge in [0, 0.05) is 12.3 Å². The van der Waals surface area contributed by atoms with Gasteiger partial charge in [0.05, 0.1) is 18.0 Å². The van der Waals surface area contributed by atoms with Gasteiger partial charge in [0.25, 0.3) is 10.0 Å². The topological polar surface area (TPSA) is 72.4 Å². The van der Waals surface area contributed by atoms with E-state index in [1.165, 1.54) is 10.5 Å². The number of rotatable bonds is 3. The minimum atomic E-state index is -3.54. The molecule has 104 valence electrons. The van der Waals surface area contributed by atoms with Gasteiger partial charge in [-0.3, -0.25) is 0 Å². The summed E-state index contributed by atoms with van der Waals surface area (Å²) in [6.45, 7) is 2.52. The van der Waals surface area contributed by atoms with E-state index in [1.807, 2.05) is 13.0 Å². The van der Waals surface area contributed by atoms with Crippen molar-refractivity contribution in [2.24, 2.45) is 0 Å². The van der Waals surface area contributed by atoms with Crippen LogP contribution in [0.5, 0.6) is 6.01 Å². The fourth-order valence-corrected chi connectivity index (χ4v) is 3.73. The Morgan fingerprint density at radius 1 is 1.30 bits per heavy atom. The molecule has 0 atom stereocenters. The molecule has 2 heterocycles. The first-order valence-corrected chi connectivity index (χ1v) is 7.63. The molecule has 0 fully saturated rings. The van der Waals surface area contributed by atoms with Gasteiger partial charge in [-0.15, -0.1) is 0 Å². The van der Waals surface area contributed by atoms with Crippen LogP contribution in [0, 0.1) is 0 Å². The molecule has 7 heteroatoms. The minimum Gasteiger partial charge on any atom is -0.464 e. The second-order valence-corrected chi connectivity index (χ2v) is 6.08. The number of benzene rings is 1. The Labute approximate surface area is 117 Å². The SMILES string of the molecule is CCOc1nccc(N2Cc3ccccc3S2(=O)=O)n1. The molecule has 0 aliphatic carbocycles. The van der Waals surface area contributed by atoms with E-state index in [-0.39, 0.29) is 12.6 Å². The molecular weight excluding hydrogens is 278 g/mol. The first-order chi connectivity index (χ1) is 9.63. The normalized spacial score (nSPS) is 15.9. The van der Waals surface area contributed by atoms with Crippen LogP contribution in [0.1, 0.15) is 12.5 Å². The maximum atomic E-state index is 12.5. The lowest BCUT2D eigenvalue weighted by Gasteiger charge is -2.15. The van der Waals surface area contributed by atoms with E-state index in [9.17, 15) is 8.42 Å². The van der Waals surface area contributed by atoms with Gasteiger partial charge >= 0.3 is 6.01 Å². The molecule has 0 radical (unpaired) electrons. The molecule has 0 saturated heterocycles. The van der Waals surface area contributed by atoms with Crippen molar-refractivity contribution < 1.29 is 13.2 Å². The molecule has 3 rings (SSSR count). The lowest BCUT2D eigenvalue weighted by molar-refractivity contribution is 0.313. The van der Waals surface area contributed by atoms with E-state index in [4.69, 9.17) is 4.74 Å². The number of aromatic nitrogens is 2. The summed E-state index contributed by atoms with van der Waals surface area (Å²) >= 11 is 0. The Kier molecular flexibility index (Phi) is 3.06. The van der Waals surface area contributed by atoms with Crippen molar-refractivity contribution in [2.75, 3.05) is 10.9 Å². The van der Waals surface area contributed by atoms with Gasteiger partial charge in [-0.2, -0.15) is 4.98 Å². The van der Waals surface area contributed by atoms with E-state index >= 15 is 0 Å². The molecule has 6 nitrogen and oxygen atoms in total. The minimum absolute atomic E-state index is 0.177. The maximum absolute atomic E-state index is 12.5. The van der Waals surface area contributed by atoms with Crippen LogP contribution in [0.2, 0.25) is 0 Å². The Morgan fingerprint density at radius 3 is 2.85 bits per heavy atom. The van der Waals surface area contributed by atoms with Gasteiger partial charge in [0.2, 0.25) is 0 Å². The lowest BCUT2D eigenvalue weighted by atomic mass is 10.2. The van der Waals surface area contributed by atoms with Crippen LogP contribution in [0.15, 0.2) is 41.4 Å². The lowest BCUT2D eigenvalue weighted by Crippen LogP contribution is -2.24. The van der Waals surface area contributed by atoms with Crippen LogP contribution in [-0.2, 0) is 16.6 Å². The third-order valence-corrected chi connectivity index (χ3v) is 4.85. The number of hydrogen-bond acceptors (Lipinski definition) is 5. The highest BCUT2D eigenvalue weighted by molar-refractivity contribution is 7.93. The molecule has 1 aliphatic rings. The summed E-state index contributed by atoms with van der Waals surface area (Å²) in [6.07, 6.45) is 1.49. The van der Waals surface area contributed by atoms with Crippen molar-refractivity contribution in [1.29, 1.82) is 0 Å². The molecule has 0 N–H and O–H groups in total. The first-order valence-electron chi connectivity index (χ1n) is 6.19. The summed E-state index contributed by atoms with van der Waals surface area (Å²) in [6, 6.07) is 8.68. The zero-order valence-corrected chi connectivity index (χ0v) is 11.7. The zero-order chi connectivity index (χ0) is 14.2. The van der Waals surface area contributed by atoms with Crippen molar-refractivity contribution in [3.05, 3.63) is 42.1 Å². The number of hydrogen-bond donors (Lipinski definition) is 0. The monoisotopic (exact) mass is 291 g/mol. The van der Waals surface area contributed by atoms with Crippen LogP contribution in [0.3, 0.4) is 0 Å². The molecule has 1 aliphatic heterocycles. The van der Waals surface area contributed by atoms with E-state index < -0.39 is 10.0 Å². The Bertz CT molecular complexity index is 746. The molecule has 20 heavy (non-hydrogen) atoms. The number of ether oxygens (including phenoxy) is 1. The molecule has 1 aromatic carbocycles. The summed E-state index contributed by atoms with van der Waals surface area (Å²) in [5.41, 5.74) is 0.768. The number of anilines is 1. The van der Waals surface area contributed by atoms with Gasteiger partial charge in [-0.1, -0.05) is 18.2 Å². The summed E-state index contributed by atoms with van der Waals surface area (Å²) in [4.78, 5) is 8.41. The third kappa shape index (κ3) is 2.00. The van der Waals surface area contributed by atoms with Crippen molar-refractivity contribution in [3.63, 3.8) is 0 Å². The molecule has 0 amide bonds. The second kappa shape index (κ2) is 4.75. The predicted molar refractivity (Wildman–Crippen MR) is 73.0 cm³/mol.